The molecule has 3 rings (SSSR count). The Kier molecular flexibility index (Phi) is 2.25. The molecule has 1 fully saturated rings. The maximum Gasteiger partial charge on any atom is 0.0896 e. The molecule has 0 unspecified atom stereocenters. The molecule has 16 heavy (non-hydrogen) atoms. The van der Waals surface area contributed by atoms with Gasteiger partial charge in [0.2, 0.25) is 0 Å². The molecule has 1 aliphatic rings. The van der Waals surface area contributed by atoms with E-state index in [0.29, 0.717) is 0 Å². The van der Waals surface area contributed by atoms with E-state index in [9.17, 15) is 5.11 Å². The highest BCUT2D eigenvalue weighted by Gasteiger charge is 2.31. The molecule has 0 aliphatic heterocycles. The Morgan fingerprint density at radius 2 is 1.88 bits per heavy atom. The van der Waals surface area contributed by atoms with Crippen LogP contribution in [0.15, 0.2) is 30.5 Å². The van der Waals surface area contributed by atoms with E-state index >= 15 is 0 Å². The predicted octanol–water partition coefficient (Wildman–Crippen LogP) is 3.32. The number of rotatable bonds is 1. The lowest BCUT2D eigenvalue weighted by Gasteiger charge is -2.32. The molecule has 2 nitrogen and oxygen atoms in total. The van der Waals surface area contributed by atoms with Crippen molar-refractivity contribution in [3.63, 3.8) is 0 Å². The normalized spacial score (nSPS) is 20.1. The van der Waals surface area contributed by atoms with E-state index < -0.39 is 5.60 Å². The Balaban J connectivity index is 2.03. The van der Waals surface area contributed by atoms with Crippen molar-refractivity contribution in [1.29, 1.82) is 0 Å². The zero-order chi connectivity index (χ0) is 11.0. The zero-order valence-corrected chi connectivity index (χ0v) is 9.37. The summed E-state index contributed by atoms with van der Waals surface area (Å²) >= 11 is 0. The highest BCUT2D eigenvalue weighted by molar-refractivity contribution is 5.80. The van der Waals surface area contributed by atoms with Gasteiger partial charge in [0.15, 0.2) is 0 Å². The second-order valence-corrected chi connectivity index (χ2v) is 4.87. The topological polar surface area (TPSA) is 36.0 Å². The van der Waals surface area contributed by atoms with E-state index in [1.54, 1.807) is 0 Å². The van der Waals surface area contributed by atoms with Gasteiger partial charge in [-0.1, -0.05) is 25.3 Å². The van der Waals surface area contributed by atoms with E-state index in [0.717, 1.165) is 36.8 Å². The second-order valence-electron chi connectivity index (χ2n) is 4.87. The van der Waals surface area contributed by atoms with Gasteiger partial charge in [0, 0.05) is 11.7 Å². The van der Waals surface area contributed by atoms with Gasteiger partial charge in [0.05, 0.1) is 5.60 Å². The van der Waals surface area contributed by atoms with Crippen molar-refractivity contribution in [3.05, 3.63) is 36.0 Å². The summed E-state index contributed by atoms with van der Waals surface area (Å²) in [5.74, 6) is 0. The van der Waals surface area contributed by atoms with Gasteiger partial charge >= 0.3 is 0 Å². The summed E-state index contributed by atoms with van der Waals surface area (Å²) in [5, 5.41) is 11.8. The number of hydrogen-bond donors (Lipinski definition) is 2. The van der Waals surface area contributed by atoms with Crippen LogP contribution in [0, 0.1) is 0 Å². The first-order valence-corrected chi connectivity index (χ1v) is 6.08. The average Bonchev–Trinajstić information content (AvgIpc) is 2.77. The van der Waals surface area contributed by atoms with Crippen molar-refractivity contribution >= 4 is 10.9 Å². The van der Waals surface area contributed by atoms with Gasteiger partial charge in [-0.2, -0.15) is 0 Å². The lowest BCUT2D eigenvalue weighted by atomic mass is 9.79. The molecule has 1 aromatic heterocycles. The predicted molar refractivity (Wildman–Crippen MR) is 65.3 cm³/mol. The van der Waals surface area contributed by atoms with Crippen molar-refractivity contribution in [3.8, 4) is 0 Å². The molecule has 0 saturated heterocycles. The minimum absolute atomic E-state index is 0.580. The van der Waals surface area contributed by atoms with Crippen molar-refractivity contribution in [2.45, 2.75) is 37.7 Å². The van der Waals surface area contributed by atoms with Crippen molar-refractivity contribution in [2.75, 3.05) is 0 Å². The standard InChI is InChI=1S/C14H17NO/c16-14(7-2-1-3-8-14)12-4-5-13-11(10-12)6-9-15-13/h4-6,9-10,15-16H,1-3,7-8H2. The number of fused-ring (bicyclic) bond motifs is 1. The number of H-pyrrole nitrogens is 1. The second kappa shape index (κ2) is 3.63. The van der Waals surface area contributed by atoms with Crippen LogP contribution in [-0.4, -0.2) is 10.1 Å². The quantitative estimate of drug-likeness (QED) is 0.752. The molecule has 0 bridgehead atoms. The summed E-state index contributed by atoms with van der Waals surface area (Å²) in [6, 6.07) is 8.31. The Morgan fingerprint density at radius 1 is 1.06 bits per heavy atom. The lowest BCUT2D eigenvalue weighted by molar-refractivity contribution is -0.000506. The van der Waals surface area contributed by atoms with E-state index in [1.165, 1.54) is 11.8 Å². The maximum atomic E-state index is 10.6. The molecular formula is C14H17NO. The van der Waals surface area contributed by atoms with Crippen LogP contribution in [0.2, 0.25) is 0 Å². The molecule has 1 aliphatic carbocycles. The molecule has 0 atom stereocenters. The molecule has 0 radical (unpaired) electrons. The molecule has 0 amide bonds. The highest BCUT2D eigenvalue weighted by atomic mass is 16.3. The van der Waals surface area contributed by atoms with Crippen LogP contribution in [0.3, 0.4) is 0 Å². The van der Waals surface area contributed by atoms with Gasteiger partial charge in [-0.3, -0.25) is 0 Å². The third kappa shape index (κ3) is 1.54. The molecule has 2 heteroatoms. The fourth-order valence-corrected chi connectivity index (χ4v) is 2.77. The maximum absolute atomic E-state index is 10.6. The summed E-state index contributed by atoms with van der Waals surface area (Å²) in [5.41, 5.74) is 1.64. The summed E-state index contributed by atoms with van der Waals surface area (Å²) in [6.07, 6.45) is 7.29. The van der Waals surface area contributed by atoms with Gasteiger partial charge in [0.1, 0.15) is 0 Å². The van der Waals surface area contributed by atoms with Crippen LogP contribution in [-0.2, 0) is 5.60 Å². The molecule has 1 heterocycles. The SMILES string of the molecule is OC1(c2ccc3[nH]ccc3c2)CCCCC1. The van der Waals surface area contributed by atoms with Crippen LogP contribution in [0.5, 0.6) is 0 Å². The van der Waals surface area contributed by atoms with Gasteiger partial charge < -0.3 is 10.1 Å². The molecule has 0 spiro atoms. The third-order valence-electron chi connectivity index (χ3n) is 3.77. The smallest absolute Gasteiger partial charge is 0.0896 e. The minimum Gasteiger partial charge on any atom is -0.385 e. The Morgan fingerprint density at radius 3 is 2.69 bits per heavy atom. The van der Waals surface area contributed by atoms with Crippen LogP contribution in [0.4, 0.5) is 0 Å². The van der Waals surface area contributed by atoms with Crippen molar-refractivity contribution in [1.82, 2.24) is 4.98 Å². The number of nitrogens with one attached hydrogen (secondary N) is 1. The van der Waals surface area contributed by atoms with Gasteiger partial charge in [-0.25, -0.2) is 0 Å². The molecule has 1 saturated carbocycles. The number of aliphatic hydroxyl groups is 1. The molecule has 2 aromatic rings. The van der Waals surface area contributed by atoms with Crippen LogP contribution in [0.1, 0.15) is 37.7 Å². The molecular weight excluding hydrogens is 198 g/mol. The summed E-state index contributed by atoms with van der Waals surface area (Å²) in [6.45, 7) is 0. The monoisotopic (exact) mass is 215 g/mol. The van der Waals surface area contributed by atoms with E-state index in [-0.39, 0.29) is 0 Å². The largest absolute Gasteiger partial charge is 0.385 e. The molecule has 84 valence electrons. The van der Waals surface area contributed by atoms with Crippen LogP contribution in [0.25, 0.3) is 10.9 Å². The number of aromatic amines is 1. The zero-order valence-electron chi connectivity index (χ0n) is 9.37. The van der Waals surface area contributed by atoms with E-state index in [4.69, 9.17) is 0 Å². The summed E-state index contributed by atoms with van der Waals surface area (Å²) < 4.78 is 0. The Hall–Kier alpha value is -1.28. The van der Waals surface area contributed by atoms with E-state index in [1.807, 2.05) is 6.20 Å². The lowest BCUT2D eigenvalue weighted by Crippen LogP contribution is -2.28. The molecule has 1 aromatic carbocycles. The van der Waals surface area contributed by atoms with Gasteiger partial charge in [-0.05, 0) is 42.0 Å². The summed E-state index contributed by atoms with van der Waals surface area (Å²) in [7, 11) is 0. The Bertz CT molecular complexity index is 494. The highest BCUT2D eigenvalue weighted by Crippen LogP contribution is 2.37. The molecule has 2 N–H and O–H groups in total. The Labute approximate surface area is 95.3 Å². The minimum atomic E-state index is -0.580. The van der Waals surface area contributed by atoms with Gasteiger partial charge in [0.25, 0.3) is 0 Å². The van der Waals surface area contributed by atoms with Crippen molar-refractivity contribution < 1.29 is 5.11 Å². The summed E-state index contributed by atoms with van der Waals surface area (Å²) in [4.78, 5) is 3.18. The van der Waals surface area contributed by atoms with Crippen LogP contribution < -0.4 is 0 Å². The third-order valence-corrected chi connectivity index (χ3v) is 3.77. The average molecular weight is 215 g/mol. The van der Waals surface area contributed by atoms with Crippen LogP contribution >= 0.6 is 0 Å². The first-order chi connectivity index (χ1) is 7.78. The number of benzene rings is 1. The fourth-order valence-electron chi connectivity index (χ4n) is 2.77. The number of hydrogen-bond acceptors (Lipinski definition) is 1. The van der Waals surface area contributed by atoms with Gasteiger partial charge in [-0.15, -0.1) is 0 Å². The number of aromatic nitrogens is 1. The fraction of sp³-hybridized carbons (Fsp3) is 0.429. The first-order valence-electron chi connectivity index (χ1n) is 6.08. The van der Waals surface area contributed by atoms with Crippen molar-refractivity contribution in [2.24, 2.45) is 0 Å². The first kappa shape index (κ1) is 9.91. The van der Waals surface area contributed by atoms with E-state index in [2.05, 4.69) is 29.2 Å².